The van der Waals surface area contributed by atoms with Gasteiger partial charge in [-0.15, -0.1) is 11.3 Å². The summed E-state index contributed by atoms with van der Waals surface area (Å²) in [6, 6.07) is 0. The van der Waals surface area contributed by atoms with Gasteiger partial charge in [0, 0.05) is 11.3 Å². The molecule has 0 aliphatic carbocycles. The van der Waals surface area contributed by atoms with Crippen LogP contribution in [0.15, 0.2) is 10.9 Å². The molecule has 0 saturated carbocycles. The summed E-state index contributed by atoms with van der Waals surface area (Å²) in [6.45, 7) is 4.47. The van der Waals surface area contributed by atoms with Crippen LogP contribution in [0.25, 0.3) is 0 Å². The maximum absolute atomic E-state index is 4.32. The van der Waals surface area contributed by atoms with E-state index in [4.69, 9.17) is 0 Å². The Kier molecular flexibility index (Phi) is 3.57. The second-order valence-corrected chi connectivity index (χ2v) is 3.53. The first-order valence-electron chi connectivity index (χ1n) is 4.26. The Balaban J connectivity index is 2.56. The molecule has 11 heavy (non-hydrogen) atoms. The summed E-state index contributed by atoms with van der Waals surface area (Å²) in [6.07, 6.45) is 3.76. The minimum absolute atomic E-state index is 0.700. The van der Waals surface area contributed by atoms with Crippen LogP contribution < -0.4 is 0 Å². The third-order valence-electron chi connectivity index (χ3n) is 2.00. The molecular formula is C9H15NS. The lowest BCUT2D eigenvalue weighted by molar-refractivity contribution is 0.584. The number of nitrogens with zero attached hydrogens (tertiary/aromatic N) is 1. The van der Waals surface area contributed by atoms with Crippen LogP contribution in [0.5, 0.6) is 0 Å². The van der Waals surface area contributed by atoms with E-state index in [1.165, 1.54) is 25.0 Å². The van der Waals surface area contributed by atoms with E-state index in [1.54, 1.807) is 11.3 Å². The molecule has 0 amide bonds. The molecule has 1 nitrogen and oxygen atoms in total. The molecule has 1 aromatic rings. The summed E-state index contributed by atoms with van der Waals surface area (Å²) in [4.78, 5) is 4.32. The van der Waals surface area contributed by atoms with E-state index in [2.05, 4.69) is 24.2 Å². The first-order valence-corrected chi connectivity index (χ1v) is 5.20. The van der Waals surface area contributed by atoms with Crippen molar-refractivity contribution in [3.05, 3.63) is 16.6 Å². The Morgan fingerprint density at radius 3 is 2.82 bits per heavy atom. The molecule has 1 atom stereocenters. The fraction of sp³-hybridized carbons (Fsp3) is 0.667. The van der Waals surface area contributed by atoms with Gasteiger partial charge in [0.1, 0.15) is 0 Å². The number of hydrogen-bond donors (Lipinski definition) is 0. The topological polar surface area (TPSA) is 12.9 Å². The minimum Gasteiger partial charge on any atom is -0.249 e. The fourth-order valence-electron chi connectivity index (χ4n) is 1.33. The van der Waals surface area contributed by atoms with Crippen molar-refractivity contribution in [3.63, 3.8) is 0 Å². The third kappa shape index (κ3) is 2.29. The highest BCUT2D eigenvalue weighted by Gasteiger charge is 2.08. The summed E-state index contributed by atoms with van der Waals surface area (Å²) >= 11 is 1.70. The molecule has 1 unspecified atom stereocenters. The summed E-state index contributed by atoms with van der Waals surface area (Å²) in [5.41, 5.74) is 3.22. The Morgan fingerprint density at radius 1 is 1.55 bits per heavy atom. The summed E-state index contributed by atoms with van der Waals surface area (Å²) < 4.78 is 0. The van der Waals surface area contributed by atoms with E-state index in [1.807, 2.05) is 5.51 Å². The van der Waals surface area contributed by atoms with Crippen LogP contribution in [0.3, 0.4) is 0 Å². The van der Waals surface area contributed by atoms with Gasteiger partial charge >= 0.3 is 0 Å². The average Bonchev–Trinajstić information content (AvgIpc) is 2.52. The van der Waals surface area contributed by atoms with Crippen LogP contribution in [0.4, 0.5) is 0 Å². The van der Waals surface area contributed by atoms with E-state index >= 15 is 0 Å². The number of thiazole rings is 1. The third-order valence-corrected chi connectivity index (χ3v) is 2.60. The molecule has 0 radical (unpaired) electrons. The summed E-state index contributed by atoms with van der Waals surface area (Å²) in [7, 11) is 0. The zero-order valence-electron chi connectivity index (χ0n) is 7.21. The lowest BCUT2D eigenvalue weighted by atomic mass is 9.98. The first kappa shape index (κ1) is 8.72. The molecule has 0 fully saturated rings. The Labute approximate surface area is 72.5 Å². The van der Waals surface area contributed by atoms with Crippen LogP contribution in [-0.4, -0.2) is 4.98 Å². The molecular weight excluding hydrogens is 154 g/mol. The van der Waals surface area contributed by atoms with Crippen LogP contribution >= 0.6 is 11.3 Å². The molecule has 0 spiro atoms. The van der Waals surface area contributed by atoms with Gasteiger partial charge in [0.25, 0.3) is 0 Å². The van der Waals surface area contributed by atoms with E-state index in [9.17, 15) is 0 Å². The van der Waals surface area contributed by atoms with Gasteiger partial charge in [0.2, 0.25) is 0 Å². The van der Waals surface area contributed by atoms with E-state index in [-0.39, 0.29) is 0 Å². The van der Waals surface area contributed by atoms with Gasteiger partial charge in [-0.25, -0.2) is 4.98 Å². The van der Waals surface area contributed by atoms with Gasteiger partial charge in [-0.3, -0.25) is 0 Å². The number of rotatable bonds is 4. The average molecular weight is 169 g/mol. The zero-order chi connectivity index (χ0) is 8.10. The predicted molar refractivity (Wildman–Crippen MR) is 50.1 cm³/mol. The van der Waals surface area contributed by atoms with Gasteiger partial charge in [-0.1, -0.05) is 20.3 Å². The second-order valence-electron chi connectivity index (χ2n) is 2.81. The second kappa shape index (κ2) is 4.50. The number of hydrogen-bond acceptors (Lipinski definition) is 2. The quantitative estimate of drug-likeness (QED) is 0.673. The lowest BCUT2D eigenvalue weighted by Gasteiger charge is -2.09. The highest BCUT2D eigenvalue weighted by atomic mass is 32.1. The van der Waals surface area contributed by atoms with Crippen molar-refractivity contribution in [2.45, 2.75) is 39.0 Å². The van der Waals surface area contributed by atoms with Gasteiger partial charge < -0.3 is 0 Å². The summed E-state index contributed by atoms with van der Waals surface area (Å²) in [5, 5.41) is 2.17. The molecule has 0 aromatic carbocycles. The minimum atomic E-state index is 0.700. The van der Waals surface area contributed by atoms with Crippen molar-refractivity contribution in [1.29, 1.82) is 0 Å². The highest BCUT2D eigenvalue weighted by molar-refractivity contribution is 7.07. The first-order chi connectivity index (χ1) is 5.38. The zero-order valence-corrected chi connectivity index (χ0v) is 8.03. The highest BCUT2D eigenvalue weighted by Crippen LogP contribution is 2.23. The van der Waals surface area contributed by atoms with Crippen LogP contribution in [0, 0.1) is 0 Å². The van der Waals surface area contributed by atoms with Crippen molar-refractivity contribution in [3.8, 4) is 0 Å². The molecule has 62 valence electrons. The SMILES string of the molecule is CCCC(CC)c1cscn1. The van der Waals surface area contributed by atoms with E-state index in [0.717, 1.165) is 0 Å². The largest absolute Gasteiger partial charge is 0.249 e. The van der Waals surface area contributed by atoms with Gasteiger partial charge in [-0.05, 0) is 12.8 Å². The monoisotopic (exact) mass is 169 g/mol. The smallest absolute Gasteiger partial charge is 0.0794 e. The molecule has 1 heterocycles. The normalized spacial score (nSPS) is 13.3. The molecule has 0 saturated heterocycles. The Bertz CT molecular complexity index is 181. The molecule has 1 aromatic heterocycles. The van der Waals surface area contributed by atoms with Crippen molar-refractivity contribution in [1.82, 2.24) is 4.98 Å². The van der Waals surface area contributed by atoms with E-state index < -0.39 is 0 Å². The summed E-state index contributed by atoms with van der Waals surface area (Å²) in [5.74, 6) is 0.700. The van der Waals surface area contributed by atoms with Crippen molar-refractivity contribution in [2.24, 2.45) is 0 Å². The van der Waals surface area contributed by atoms with Gasteiger partial charge in [0.05, 0.1) is 11.2 Å². The maximum atomic E-state index is 4.32. The Hall–Kier alpha value is -0.370. The lowest BCUT2D eigenvalue weighted by Crippen LogP contribution is -1.96. The predicted octanol–water partition coefficient (Wildman–Crippen LogP) is 3.44. The van der Waals surface area contributed by atoms with Crippen molar-refractivity contribution < 1.29 is 0 Å². The number of aromatic nitrogens is 1. The standard InChI is InChI=1S/C9H15NS/c1-3-5-8(4-2)9-6-11-7-10-9/h6-8H,3-5H2,1-2H3. The van der Waals surface area contributed by atoms with Gasteiger partial charge in [-0.2, -0.15) is 0 Å². The fourth-order valence-corrected chi connectivity index (χ4v) is 1.97. The van der Waals surface area contributed by atoms with Crippen molar-refractivity contribution in [2.75, 3.05) is 0 Å². The van der Waals surface area contributed by atoms with Gasteiger partial charge in [0.15, 0.2) is 0 Å². The maximum Gasteiger partial charge on any atom is 0.0794 e. The van der Waals surface area contributed by atoms with E-state index in [0.29, 0.717) is 5.92 Å². The molecule has 0 aliphatic rings. The Morgan fingerprint density at radius 2 is 2.36 bits per heavy atom. The molecule has 0 aliphatic heterocycles. The van der Waals surface area contributed by atoms with Crippen LogP contribution in [-0.2, 0) is 0 Å². The molecule has 1 rings (SSSR count). The van der Waals surface area contributed by atoms with Crippen LogP contribution in [0.1, 0.15) is 44.7 Å². The van der Waals surface area contributed by atoms with Crippen molar-refractivity contribution >= 4 is 11.3 Å². The molecule has 0 bridgehead atoms. The molecule has 0 N–H and O–H groups in total. The van der Waals surface area contributed by atoms with Crippen LogP contribution in [0.2, 0.25) is 0 Å². The molecule has 2 heteroatoms.